The Labute approximate surface area is 824 Å². The average Bonchev–Trinajstić information content (AvgIpc) is 0.763. The van der Waals surface area contributed by atoms with Crippen LogP contribution in [0, 0.1) is 17.3 Å². The van der Waals surface area contributed by atoms with Crippen molar-refractivity contribution in [1.82, 2.24) is 53.9 Å². The Hall–Kier alpha value is -0.960. The molecule has 10 aliphatic heterocycles. The molecule has 24 heteroatoms. The molecular formula is C109H227N11O13. The van der Waals surface area contributed by atoms with Crippen LogP contribution in [0.1, 0.15) is 323 Å². The second kappa shape index (κ2) is 78.5. The third-order valence-electron chi connectivity index (χ3n) is 26.5. The van der Waals surface area contributed by atoms with Crippen molar-refractivity contribution in [3.63, 3.8) is 0 Å². The van der Waals surface area contributed by atoms with E-state index >= 15 is 0 Å². The van der Waals surface area contributed by atoms with Gasteiger partial charge in [-0.25, -0.2) is 0 Å². The maximum atomic E-state index is 9.93. The summed E-state index contributed by atoms with van der Waals surface area (Å²) < 4.78 is 66.6. The maximum absolute atomic E-state index is 9.93. The summed E-state index contributed by atoms with van der Waals surface area (Å²) in [7, 11) is 0. The Balaban J connectivity index is 0.000000501. The number of hydrogen-bond acceptors (Lipinski definition) is 24. The zero-order valence-corrected chi connectivity index (χ0v) is 93.2. The van der Waals surface area contributed by atoms with Crippen LogP contribution < -0.4 is 0 Å². The van der Waals surface area contributed by atoms with Gasteiger partial charge in [-0.2, -0.15) is 0 Å². The lowest BCUT2D eigenvalue weighted by atomic mass is 9.63. The highest BCUT2D eigenvalue weighted by molar-refractivity contribution is 5.00. The van der Waals surface area contributed by atoms with Gasteiger partial charge >= 0.3 is 0 Å². The van der Waals surface area contributed by atoms with Gasteiger partial charge in [0.25, 0.3) is 0 Å². The molecule has 1 N–H and O–H groups in total. The Morgan fingerprint density at radius 1 is 0.256 bits per heavy atom. The van der Waals surface area contributed by atoms with Gasteiger partial charge in [0, 0.05) is 137 Å². The quantitative estimate of drug-likeness (QED) is 0.0612. The lowest BCUT2D eigenvalue weighted by Gasteiger charge is -2.56. The van der Waals surface area contributed by atoms with Gasteiger partial charge < -0.3 is 91.3 Å². The summed E-state index contributed by atoms with van der Waals surface area (Å²) in [6.07, 6.45) is 31.2. The number of piperazine rings is 1. The van der Waals surface area contributed by atoms with Gasteiger partial charge in [0.05, 0.1) is 157 Å². The molecule has 4 atom stereocenters. The van der Waals surface area contributed by atoms with E-state index in [0.29, 0.717) is 97.4 Å². The Kier molecular flexibility index (Phi) is 75.6. The third-order valence-corrected chi connectivity index (χ3v) is 26.5. The number of aliphatic hydroxyl groups is 1. The van der Waals surface area contributed by atoms with Crippen LogP contribution >= 0.6 is 0 Å². The molecule has 11 rings (SSSR count). The van der Waals surface area contributed by atoms with Gasteiger partial charge in [0.15, 0.2) is 0 Å². The van der Waals surface area contributed by atoms with E-state index in [0.717, 1.165) is 195 Å². The smallest absolute Gasteiger partial charge is 0.0678 e. The van der Waals surface area contributed by atoms with Crippen molar-refractivity contribution in [2.24, 2.45) is 17.3 Å². The van der Waals surface area contributed by atoms with Gasteiger partial charge in [-0.05, 0) is 380 Å². The summed E-state index contributed by atoms with van der Waals surface area (Å²) in [5.41, 5.74) is 0.262. The SMILES string of the molecule is CC(C)OCCN1CC(C)OC(C)C1.CC(C)OCCN1CC2(CCC2)C1.CC(C)OCCN1CCC(C(C)(C)O)CC1.CC(C)OCCN1CCCCC1.CC(C)OCCN1CCCCC1.CC(C)OCCN1CCCCC1.CC(C)OCCN1CCCCC1.CC(C)OCCN1CCN(C(C)C)CC1.CC(C)OCCN1C[C@@H](C)O[C@@H](C)C1.CC1CCN(CCOC(C)C)CC1. The molecule has 0 radical (unpaired) electrons. The van der Waals surface area contributed by atoms with Crippen molar-refractivity contribution in [2.75, 3.05) is 276 Å². The van der Waals surface area contributed by atoms with E-state index in [1.54, 1.807) is 0 Å². The van der Waals surface area contributed by atoms with Crippen LogP contribution in [-0.2, 0) is 56.8 Å². The summed E-state index contributed by atoms with van der Waals surface area (Å²) in [5.74, 6) is 1.39. The van der Waals surface area contributed by atoms with E-state index in [9.17, 15) is 5.11 Å². The largest absolute Gasteiger partial charge is 0.390 e. The van der Waals surface area contributed by atoms with Crippen LogP contribution in [-0.4, -0.2) is 432 Å². The summed E-state index contributed by atoms with van der Waals surface area (Å²) >= 11 is 0. The molecule has 0 aromatic heterocycles. The zero-order chi connectivity index (χ0) is 98.8. The van der Waals surface area contributed by atoms with Crippen LogP contribution in [0.4, 0.5) is 0 Å². The first-order valence-corrected chi connectivity index (χ1v) is 55.3. The van der Waals surface area contributed by atoms with Crippen LogP contribution in [0.5, 0.6) is 0 Å². The lowest BCUT2D eigenvalue weighted by molar-refractivity contribution is -0.0751. The number of nitrogens with zero attached hydrogens (tertiary/aromatic N) is 11. The number of rotatable bonds is 42. The van der Waals surface area contributed by atoms with Crippen LogP contribution in [0.2, 0.25) is 0 Å². The van der Waals surface area contributed by atoms with E-state index in [1.165, 1.54) is 214 Å². The second-order valence-corrected chi connectivity index (χ2v) is 44.2. The third kappa shape index (κ3) is 72.9. The van der Waals surface area contributed by atoms with Crippen molar-refractivity contribution in [2.45, 2.75) is 420 Å². The van der Waals surface area contributed by atoms with E-state index in [4.69, 9.17) is 56.8 Å². The van der Waals surface area contributed by atoms with Crippen molar-refractivity contribution >= 4 is 0 Å². The predicted octanol–water partition coefficient (Wildman–Crippen LogP) is 18.0. The van der Waals surface area contributed by atoms with Gasteiger partial charge in [0.2, 0.25) is 0 Å². The number of likely N-dealkylation sites (tertiary alicyclic amines) is 7. The predicted molar refractivity (Wildman–Crippen MR) is 561 cm³/mol. The Bertz CT molecular complexity index is 2350. The van der Waals surface area contributed by atoms with Gasteiger partial charge in [-0.1, -0.05) is 39.0 Å². The molecule has 0 aromatic rings. The molecule has 1 saturated carbocycles. The molecule has 796 valence electrons. The molecule has 0 amide bonds. The molecule has 11 fully saturated rings. The molecule has 11 aliphatic rings. The maximum Gasteiger partial charge on any atom is 0.0678 e. The van der Waals surface area contributed by atoms with Gasteiger partial charge in [0.1, 0.15) is 0 Å². The van der Waals surface area contributed by atoms with E-state index < -0.39 is 5.60 Å². The highest BCUT2D eigenvalue weighted by Gasteiger charge is 2.46. The topological polar surface area (TPSA) is 167 Å². The van der Waals surface area contributed by atoms with E-state index in [2.05, 4.69) is 241 Å². The first kappa shape index (κ1) is 128. The molecule has 133 heavy (non-hydrogen) atoms. The Morgan fingerprint density at radius 2 is 0.459 bits per heavy atom. The van der Waals surface area contributed by atoms with Crippen LogP contribution in [0.15, 0.2) is 0 Å². The first-order valence-electron chi connectivity index (χ1n) is 55.3. The fourth-order valence-electron chi connectivity index (χ4n) is 18.5. The zero-order valence-electron chi connectivity index (χ0n) is 93.2. The Morgan fingerprint density at radius 3 is 0.662 bits per heavy atom. The molecule has 0 bridgehead atoms. The monoisotopic (exact) mass is 1900 g/mol. The fourth-order valence-corrected chi connectivity index (χ4v) is 18.5. The molecule has 24 nitrogen and oxygen atoms in total. The normalized spacial score (nSPS) is 23.0. The molecule has 1 aliphatic carbocycles. The summed E-state index contributed by atoms with van der Waals surface area (Å²) in [5, 5.41) is 9.93. The number of ether oxygens (including phenoxy) is 12. The second-order valence-electron chi connectivity index (χ2n) is 44.2. The van der Waals surface area contributed by atoms with Gasteiger partial charge in [-0.3, -0.25) is 24.5 Å². The standard InChI is InChI=1S/C13H27NO2.C12H26N2O.2C11H23NO2.C11H21NO.C11H23NO.4C10H21NO/c1-11(2)16-10-9-14-7-5-12(6-8-14)13(3,4)15;1-11(2)14-7-5-13(6-8-14)9-10-15-12(3)4;2*1-9(2)13-6-5-12-7-10(3)14-11(4)8-12;1-10(2)13-7-6-12-8-11(9-12)4-3-5-11;1-10(2)13-9-8-12-6-4-11(3)5-7-12;4*1-10(2)12-9-8-11-6-4-3-5-7-11/h11-12,15H,5-10H2,1-4H3;11-12H,5-10H2,1-4H3;2*9-11H,5-8H2,1-4H3;10H,3-9H2,1-2H3;10-11H,4-9H2,1-3H3;4*10H,3-9H2,1-2H3/t;;10-,11+;;;;;;;. The van der Waals surface area contributed by atoms with E-state index in [1.807, 2.05) is 13.8 Å². The highest BCUT2D eigenvalue weighted by atomic mass is 16.5. The molecule has 1 spiro atoms. The van der Waals surface area contributed by atoms with Gasteiger partial charge in [-0.15, -0.1) is 0 Å². The molecular weight excluding hydrogens is 1670 g/mol. The average molecular weight is 1900 g/mol. The molecule has 10 saturated heterocycles. The lowest BCUT2D eigenvalue weighted by Crippen LogP contribution is -2.60. The van der Waals surface area contributed by atoms with Crippen molar-refractivity contribution < 1.29 is 61.9 Å². The molecule has 10 heterocycles. The van der Waals surface area contributed by atoms with Crippen LogP contribution in [0.3, 0.4) is 0 Å². The summed E-state index contributed by atoms with van der Waals surface area (Å²) in [6.45, 7) is 107. The highest BCUT2D eigenvalue weighted by Crippen LogP contribution is 2.48. The molecule has 2 unspecified atom stereocenters. The van der Waals surface area contributed by atoms with Crippen LogP contribution in [0.25, 0.3) is 0 Å². The van der Waals surface area contributed by atoms with Crippen molar-refractivity contribution in [3.05, 3.63) is 0 Å². The van der Waals surface area contributed by atoms with E-state index in [-0.39, 0.29) is 0 Å². The summed E-state index contributed by atoms with van der Waals surface area (Å²) in [4.78, 5) is 27.4. The minimum Gasteiger partial charge on any atom is -0.390 e. The number of hydrogen-bond donors (Lipinski definition) is 1. The number of morpholine rings is 2. The summed E-state index contributed by atoms with van der Waals surface area (Å²) in [6, 6.07) is 0.694. The fraction of sp³-hybridized carbons (Fsp3) is 1.00. The van der Waals surface area contributed by atoms with Crippen molar-refractivity contribution in [3.8, 4) is 0 Å². The molecule has 0 aromatic carbocycles. The number of piperidine rings is 6. The first-order chi connectivity index (χ1) is 63.2. The minimum absolute atomic E-state index is 0.328. The van der Waals surface area contributed by atoms with Crippen molar-refractivity contribution in [1.29, 1.82) is 0 Å². The minimum atomic E-state index is -0.513.